The Morgan fingerprint density at radius 2 is 2.21 bits per heavy atom. The molecule has 0 saturated heterocycles. The molecule has 1 N–H and O–H groups in total. The van der Waals surface area contributed by atoms with E-state index in [9.17, 15) is 0 Å². The van der Waals surface area contributed by atoms with Crippen molar-refractivity contribution in [1.82, 2.24) is 9.97 Å². The summed E-state index contributed by atoms with van der Waals surface area (Å²) < 4.78 is 6.71. The Kier molecular flexibility index (Phi) is 3.54. The van der Waals surface area contributed by atoms with Crippen LogP contribution in [0.4, 0.5) is 5.82 Å². The number of aromatic nitrogens is 2. The van der Waals surface area contributed by atoms with E-state index in [0.717, 1.165) is 27.4 Å². The zero-order chi connectivity index (χ0) is 13.2. The van der Waals surface area contributed by atoms with Crippen molar-refractivity contribution in [2.45, 2.75) is 12.3 Å². The predicted octanol–water partition coefficient (Wildman–Crippen LogP) is 3.04. The number of nitrogens with zero attached hydrogens (tertiary/aromatic N) is 2. The lowest BCUT2D eigenvalue weighted by molar-refractivity contribution is 0.274. The summed E-state index contributed by atoms with van der Waals surface area (Å²) in [5.41, 5.74) is 1.18. The van der Waals surface area contributed by atoms with Gasteiger partial charge in [0.05, 0.1) is 16.1 Å². The lowest BCUT2D eigenvalue weighted by Crippen LogP contribution is -2.17. The van der Waals surface area contributed by atoms with Crippen molar-refractivity contribution in [2.24, 2.45) is 0 Å². The molecule has 2 aromatic rings. The Hall–Kier alpha value is -1.37. The van der Waals surface area contributed by atoms with Gasteiger partial charge in [0.1, 0.15) is 17.4 Å². The van der Waals surface area contributed by atoms with Gasteiger partial charge in [-0.3, -0.25) is 0 Å². The van der Waals surface area contributed by atoms with E-state index in [1.807, 2.05) is 31.4 Å². The van der Waals surface area contributed by atoms with Crippen molar-refractivity contribution in [3.63, 3.8) is 0 Å². The molecule has 0 fully saturated rings. The zero-order valence-electron chi connectivity index (χ0n) is 10.6. The number of para-hydroxylation sites is 1. The molecule has 4 nitrogen and oxygen atoms in total. The smallest absolute Gasteiger partial charge is 0.142 e. The summed E-state index contributed by atoms with van der Waals surface area (Å²) in [7, 11) is 1.88. The van der Waals surface area contributed by atoms with Crippen LogP contribution in [0, 0.1) is 3.57 Å². The van der Waals surface area contributed by atoms with E-state index < -0.39 is 0 Å². The molecule has 98 valence electrons. The van der Waals surface area contributed by atoms with Crippen LogP contribution in [0.3, 0.4) is 0 Å². The summed E-state index contributed by atoms with van der Waals surface area (Å²) in [5.74, 6) is 2.91. The second kappa shape index (κ2) is 5.32. The average molecular weight is 367 g/mol. The first-order valence-electron chi connectivity index (χ1n) is 6.21. The number of rotatable bonds is 2. The molecule has 0 amide bonds. The first kappa shape index (κ1) is 12.7. The molecule has 2 heterocycles. The van der Waals surface area contributed by atoms with Crippen molar-refractivity contribution in [3.8, 4) is 5.75 Å². The Labute approximate surface area is 125 Å². The fourth-order valence-electron chi connectivity index (χ4n) is 2.33. The van der Waals surface area contributed by atoms with E-state index in [4.69, 9.17) is 4.74 Å². The van der Waals surface area contributed by atoms with Crippen LogP contribution in [0.1, 0.15) is 23.7 Å². The highest BCUT2D eigenvalue weighted by molar-refractivity contribution is 14.1. The minimum atomic E-state index is 0.217. The Bertz CT molecular complexity index is 603. The summed E-state index contributed by atoms with van der Waals surface area (Å²) in [4.78, 5) is 9.12. The van der Waals surface area contributed by atoms with Crippen LogP contribution in [0.25, 0.3) is 0 Å². The highest BCUT2D eigenvalue weighted by atomic mass is 127. The van der Waals surface area contributed by atoms with E-state index in [1.165, 1.54) is 5.56 Å². The molecule has 1 unspecified atom stereocenters. The summed E-state index contributed by atoms with van der Waals surface area (Å²) in [5, 5.41) is 3.11. The fourth-order valence-corrected chi connectivity index (χ4v) is 2.86. The van der Waals surface area contributed by atoms with Crippen LogP contribution < -0.4 is 10.1 Å². The normalized spacial score (nSPS) is 17.5. The molecule has 1 aromatic heterocycles. The van der Waals surface area contributed by atoms with Crippen molar-refractivity contribution in [2.75, 3.05) is 19.0 Å². The largest absolute Gasteiger partial charge is 0.493 e. The number of benzene rings is 1. The van der Waals surface area contributed by atoms with Gasteiger partial charge in [-0.1, -0.05) is 18.2 Å². The van der Waals surface area contributed by atoms with E-state index in [1.54, 1.807) is 0 Å². The van der Waals surface area contributed by atoms with Crippen LogP contribution in [0.2, 0.25) is 0 Å². The van der Waals surface area contributed by atoms with Crippen molar-refractivity contribution < 1.29 is 4.74 Å². The molecule has 0 bridgehead atoms. The predicted molar refractivity (Wildman–Crippen MR) is 82.7 cm³/mol. The molecule has 0 saturated carbocycles. The topological polar surface area (TPSA) is 47.0 Å². The number of hydrogen-bond acceptors (Lipinski definition) is 4. The van der Waals surface area contributed by atoms with Crippen LogP contribution in [0.5, 0.6) is 5.75 Å². The lowest BCUT2D eigenvalue weighted by atomic mass is 9.92. The molecule has 1 aliphatic rings. The quantitative estimate of drug-likeness (QED) is 0.829. The van der Waals surface area contributed by atoms with Crippen LogP contribution in [0.15, 0.2) is 30.5 Å². The van der Waals surface area contributed by atoms with Gasteiger partial charge < -0.3 is 10.1 Å². The van der Waals surface area contributed by atoms with Gasteiger partial charge in [-0.25, -0.2) is 9.97 Å². The van der Waals surface area contributed by atoms with E-state index >= 15 is 0 Å². The van der Waals surface area contributed by atoms with Crippen LogP contribution in [-0.2, 0) is 0 Å². The number of anilines is 1. The van der Waals surface area contributed by atoms with E-state index in [2.05, 4.69) is 43.9 Å². The van der Waals surface area contributed by atoms with Crippen molar-refractivity contribution in [1.29, 1.82) is 0 Å². The number of nitrogens with one attached hydrogen (secondary N) is 1. The van der Waals surface area contributed by atoms with Crippen molar-refractivity contribution >= 4 is 28.4 Å². The third-order valence-corrected chi connectivity index (χ3v) is 4.06. The molecule has 0 aliphatic carbocycles. The maximum atomic E-state index is 5.68. The van der Waals surface area contributed by atoms with Gasteiger partial charge >= 0.3 is 0 Å². The van der Waals surface area contributed by atoms with Crippen LogP contribution >= 0.6 is 22.6 Å². The van der Waals surface area contributed by atoms with Gasteiger partial charge in [0.15, 0.2) is 0 Å². The number of fused-ring (bicyclic) bond motifs is 1. The summed E-state index contributed by atoms with van der Waals surface area (Å²) >= 11 is 2.24. The summed E-state index contributed by atoms with van der Waals surface area (Å²) in [6, 6.07) is 8.13. The van der Waals surface area contributed by atoms with Gasteiger partial charge in [-0.05, 0) is 35.1 Å². The minimum Gasteiger partial charge on any atom is -0.493 e. The number of halogens is 1. The molecular formula is C14H14IN3O. The lowest BCUT2D eigenvalue weighted by Gasteiger charge is -2.25. The van der Waals surface area contributed by atoms with Gasteiger partial charge in [-0.2, -0.15) is 0 Å². The molecule has 1 aromatic carbocycles. The highest BCUT2D eigenvalue weighted by Crippen LogP contribution is 2.36. The summed E-state index contributed by atoms with van der Waals surface area (Å²) in [6.45, 7) is 0.714. The van der Waals surface area contributed by atoms with E-state index in [0.29, 0.717) is 6.61 Å². The Morgan fingerprint density at radius 1 is 1.37 bits per heavy atom. The molecule has 1 aliphatic heterocycles. The molecular weight excluding hydrogens is 353 g/mol. The summed E-state index contributed by atoms with van der Waals surface area (Å²) in [6.07, 6.45) is 2.79. The maximum absolute atomic E-state index is 5.68. The van der Waals surface area contributed by atoms with Gasteiger partial charge in [0.2, 0.25) is 0 Å². The van der Waals surface area contributed by atoms with Gasteiger partial charge in [-0.15, -0.1) is 0 Å². The molecule has 3 rings (SSSR count). The first-order valence-corrected chi connectivity index (χ1v) is 7.29. The Morgan fingerprint density at radius 3 is 3.05 bits per heavy atom. The van der Waals surface area contributed by atoms with Crippen molar-refractivity contribution in [3.05, 3.63) is 45.4 Å². The monoisotopic (exact) mass is 367 g/mol. The third kappa shape index (κ3) is 2.39. The first-order chi connectivity index (χ1) is 9.29. The highest BCUT2D eigenvalue weighted by Gasteiger charge is 2.25. The Balaban J connectivity index is 2.04. The van der Waals surface area contributed by atoms with Crippen LogP contribution in [-0.4, -0.2) is 23.6 Å². The molecule has 1 atom stereocenters. The standard InChI is InChI=1S/C14H14IN3O/c1-16-14-11(15)8-17-13(18-14)10-6-7-19-12-5-3-2-4-9(10)12/h2-5,8,10H,6-7H2,1H3,(H,16,17,18). The van der Waals surface area contributed by atoms with Gasteiger partial charge in [0.25, 0.3) is 0 Å². The minimum absolute atomic E-state index is 0.217. The van der Waals surface area contributed by atoms with Gasteiger partial charge in [0, 0.05) is 18.8 Å². The SMILES string of the molecule is CNc1nc(C2CCOc3ccccc32)ncc1I. The second-order valence-electron chi connectivity index (χ2n) is 4.40. The average Bonchev–Trinajstić information content (AvgIpc) is 2.47. The molecule has 19 heavy (non-hydrogen) atoms. The zero-order valence-corrected chi connectivity index (χ0v) is 12.7. The molecule has 0 radical (unpaired) electrons. The molecule has 5 heteroatoms. The molecule has 0 spiro atoms. The maximum Gasteiger partial charge on any atom is 0.142 e. The number of ether oxygens (including phenoxy) is 1. The van der Waals surface area contributed by atoms with E-state index in [-0.39, 0.29) is 5.92 Å². The number of hydrogen-bond donors (Lipinski definition) is 1. The second-order valence-corrected chi connectivity index (χ2v) is 5.56. The third-order valence-electron chi connectivity index (χ3n) is 3.27. The fraction of sp³-hybridized carbons (Fsp3) is 0.286.